The predicted molar refractivity (Wildman–Crippen MR) is 79.0 cm³/mol. The van der Waals surface area contributed by atoms with Gasteiger partial charge in [0, 0.05) is 11.6 Å². The van der Waals surface area contributed by atoms with Crippen LogP contribution in [0.3, 0.4) is 0 Å². The molecule has 0 unspecified atom stereocenters. The summed E-state index contributed by atoms with van der Waals surface area (Å²) in [5.74, 6) is -1.09. The summed E-state index contributed by atoms with van der Waals surface area (Å²) in [4.78, 5) is 0. The SMILES string of the molecule is CNC1(c2cccc(-c3cc(F)cc(F)c3)c2)CC1.Cl. The molecule has 2 aromatic carbocycles. The number of nitrogens with one attached hydrogen (secondary N) is 1. The fourth-order valence-corrected chi connectivity index (χ4v) is 2.52. The van der Waals surface area contributed by atoms with Gasteiger partial charge >= 0.3 is 0 Å². The van der Waals surface area contributed by atoms with Gasteiger partial charge in [-0.1, -0.05) is 18.2 Å². The standard InChI is InChI=1S/C16H15F2N.ClH/c1-19-16(5-6-16)13-4-2-3-11(7-13)12-8-14(17)10-15(18)9-12;/h2-4,7-10,19H,5-6H2,1H3;1H. The summed E-state index contributed by atoms with van der Waals surface area (Å²) in [5, 5.41) is 3.32. The van der Waals surface area contributed by atoms with E-state index in [0.717, 1.165) is 24.5 Å². The lowest BCUT2D eigenvalue weighted by Crippen LogP contribution is -2.24. The Morgan fingerprint density at radius 2 is 1.60 bits per heavy atom. The van der Waals surface area contributed by atoms with Crippen LogP contribution in [0.4, 0.5) is 8.78 Å². The van der Waals surface area contributed by atoms with Gasteiger partial charge in [-0.2, -0.15) is 0 Å². The minimum Gasteiger partial charge on any atom is -0.310 e. The van der Waals surface area contributed by atoms with E-state index in [1.165, 1.54) is 17.7 Å². The van der Waals surface area contributed by atoms with Crippen molar-refractivity contribution in [3.8, 4) is 11.1 Å². The lowest BCUT2D eigenvalue weighted by molar-refractivity contribution is 0.583. The van der Waals surface area contributed by atoms with E-state index in [0.29, 0.717) is 5.56 Å². The monoisotopic (exact) mass is 295 g/mol. The number of rotatable bonds is 3. The third-order valence-corrected chi connectivity index (χ3v) is 3.84. The molecule has 20 heavy (non-hydrogen) atoms. The molecule has 2 aromatic rings. The zero-order valence-corrected chi connectivity index (χ0v) is 11.9. The van der Waals surface area contributed by atoms with E-state index in [9.17, 15) is 8.78 Å². The molecular formula is C16H16ClF2N. The van der Waals surface area contributed by atoms with Gasteiger partial charge in [-0.25, -0.2) is 8.78 Å². The lowest BCUT2D eigenvalue weighted by atomic mass is 9.98. The van der Waals surface area contributed by atoms with E-state index < -0.39 is 11.6 Å². The molecule has 3 rings (SSSR count). The van der Waals surface area contributed by atoms with Crippen LogP contribution in [0.1, 0.15) is 18.4 Å². The maximum Gasteiger partial charge on any atom is 0.126 e. The fourth-order valence-electron chi connectivity index (χ4n) is 2.52. The summed E-state index contributed by atoms with van der Waals surface area (Å²) >= 11 is 0. The van der Waals surface area contributed by atoms with Gasteiger partial charge in [0.2, 0.25) is 0 Å². The van der Waals surface area contributed by atoms with Crippen LogP contribution in [0.2, 0.25) is 0 Å². The zero-order chi connectivity index (χ0) is 13.5. The Kier molecular flexibility index (Phi) is 4.11. The minimum absolute atomic E-state index is 0. The normalized spacial score (nSPS) is 15.6. The molecule has 1 aliphatic carbocycles. The second-order valence-electron chi connectivity index (χ2n) is 5.07. The van der Waals surface area contributed by atoms with Crippen molar-refractivity contribution in [3.63, 3.8) is 0 Å². The molecule has 0 radical (unpaired) electrons. The van der Waals surface area contributed by atoms with Gasteiger partial charge in [-0.05, 0) is 54.8 Å². The highest BCUT2D eigenvalue weighted by Crippen LogP contribution is 2.45. The van der Waals surface area contributed by atoms with Gasteiger partial charge in [0.1, 0.15) is 11.6 Å². The Morgan fingerprint density at radius 3 is 2.15 bits per heavy atom. The highest BCUT2D eigenvalue weighted by Gasteiger charge is 2.42. The maximum atomic E-state index is 13.3. The van der Waals surface area contributed by atoms with Gasteiger partial charge in [-0.3, -0.25) is 0 Å². The summed E-state index contributed by atoms with van der Waals surface area (Å²) in [6.07, 6.45) is 2.20. The summed E-state index contributed by atoms with van der Waals surface area (Å²) in [6, 6.07) is 11.5. The van der Waals surface area contributed by atoms with Crippen molar-refractivity contribution in [3.05, 3.63) is 59.7 Å². The summed E-state index contributed by atoms with van der Waals surface area (Å²) in [6.45, 7) is 0. The minimum atomic E-state index is -0.546. The molecule has 1 N–H and O–H groups in total. The van der Waals surface area contributed by atoms with E-state index >= 15 is 0 Å². The first-order valence-corrected chi connectivity index (χ1v) is 6.39. The fraction of sp³-hybridized carbons (Fsp3) is 0.250. The van der Waals surface area contributed by atoms with Gasteiger partial charge in [-0.15, -0.1) is 12.4 Å². The predicted octanol–water partition coefficient (Wildman–Crippen LogP) is 4.26. The van der Waals surface area contributed by atoms with Crippen molar-refractivity contribution in [2.45, 2.75) is 18.4 Å². The van der Waals surface area contributed by atoms with Crippen molar-refractivity contribution in [2.24, 2.45) is 0 Å². The topological polar surface area (TPSA) is 12.0 Å². The Labute approximate surface area is 123 Å². The van der Waals surface area contributed by atoms with Gasteiger partial charge in [0.15, 0.2) is 0 Å². The molecule has 1 aliphatic rings. The smallest absolute Gasteiger partial charge is 0.126 e. The molecule has 0 spiro atoms. The Bertz CT molecular complexity index is 603. The average Bonchev–Trinajstić information content (AvgIpc) is 3.19. The quantitative estimate of drug-likeness (QED) is 0.892. The van der Waals surface area contributed by atoms with Crippen molar-refractivity contribution in [1.82, 2.24) is 5.32 Å². The van der Waals surface area contributed by atoms with E-state index in [4.69, 9.17) is 0 Å². The van der Waals surface area contributed by atoms with Crippen molar-refractivity contribution in [2.75, 3.05) is 7.05 Å². The van der Waals surface area contributed by atoms with Crippen LogP contribution in [0.15, 0.2) is 42.5 Å². The van der Waals surface area contributed by atoms with Crippen LogP contribution >= 0.6 is 12.4 Å². The molecule has 0 bridgehead atoms. The number of hydrogen-bond donors (Lipinski definition) is 1. The van der Waals surface area contributed by atoms with E-state index in [1.54, 1.807) is 0 Å². The van der Waals surface area contributed by atoms with Crippen LogP contribution in [-0.2, 0) is 5.54 Å². The summed E-state index contributed by atoms with van der Waals surface area (Å²) < 4.78 is 26.5. The van der Waals surface area contributed by atoms with Crippen LogP contribution in [-0.4, -0.2) is 7.05 Å². The van der Waals surface area contributed by atoms with Crippen molar-refractivity contribution in [1.29, 1.82) is 0 Å². The highest BCUT2D eigenvalue weighted by atomic mass is 35.5. The van der Waals surface area contributed by atoms with Crippen LogP contribution in [0.5, 0.6) is 0 Å². The molecule has 106 valence electrons. The molecule has 0 heterocycles. The summed E-state index contributed by atoms with van der Waals surface area (Å²) in [5.41, 5.74) is 2.66. The third kappa shape index (κ3) is 2.69. The molecule has 0 atom stereocenters. The molecule has 0 aromatic heterocycles. The molecule has 1 fully saturated rings. The second kappa shape index (κ2) is 5.51. The molecule has 0 amide bonds. The van der Waals surface area contributed by atoms with Gasteiger partial charge in [0.25, 0.3) is 0 Å². The molecule has 0 saturated heterocycles. The Hall–Kier alpha value is -1.45. The average molecular weight is 296 g/mol. The Balaban J connectivity index is 0.00000147. The zero-order valence-electron chi connectivity index (χ0n) is 11.1. The molecule has 1 nitrogen and oxygen atoms in total. The van der Waals surface area contributed by atoms with Crippen LogP contribution in [0.25, 0.3) is 11.1 Å². The van der Waals surface area contributed by atoms with Crippen molar-refractivity contribution < 1.29 is 8.78 Å². The van der Waals surface area contributed by atoms with E-state index in [2.05, 4.69) is 11.4 Å². The molecule has 4 heteroatoms. The second-order valence-corrected chi connectivity index (χ2v) is 5.07. The van der Waals surface area contributed by atoms with Crippen LogP contribution < -0.4 is 5.32 Å². The van der Waals surface area contributed by atoms with E-state index in [-0.39, 0.29) is 17.9 Å². The van der Waals surface area contributed by atoms with E-state index in [1.807, 2.05) is 25.2 Å². The largest absolute Gasteiger partial charge is 0.310 e. The molecule has 1 saturated carbocycles. The Morgan fingerprint density at radius 1 is 0.950 bits per heavy atom. The first-order valence-electron chi connectivity index (χ1n) is 6.39. The third-order valence-electron chi connectivity index (χ3n) is 3.84. The van der Waals surface area contributed by atoms with Gasteiger partial charge in [0.05, 0.1) is 0 Å². The first kappa shape index (κ1) is 14.9. The number of halogens is 3. The highest BCUT2D eigenvalue weighted by molar-refractivity contribution is 5.85. The molecular weight excluding hydrogens is 280 g/mol. The molecule has 0 aliphatic heterocycles. The first-order chi connectivity index (χ1) is 9.13. The van der Waals surface area contributed by atoms with Crippen molar-refractivity contribution >= 4 is 12.4 Å². The maximum absolute atomic E-state index is 13.3. The number of hydrogen-bond acceptors (Lipinski definition) is 1. The number of benzene rings is 2. The summed E-state index contributed by atoms with van der Waals surface area (Å²) in [7, 11) is 1.95. The van der Waals surface area contributed by atoms with Crippen LogP contribution in [0, 0.1) is 11.6 Å². The van der Waals surface area contributed by atoms with Gasteiger partial charge < -0.3 is 5.32 Å². The lowest BCUT2D eigenvalue weighted by Gasteiger charge is -2.15.